The molecular formula is C17H25N3O2. The minimum atomic E-state index is -0.572. The molecule has 0 aliphatic heterocycles. The number of nitrogens with one attached hydrogen (secondary N) is 2. The van der Waals surface area contributed by atoms with E-state index < -0.39 is 6.04 Å². The van der Waals surface area contributed by atoms with Crippen LogP contribution in [0, 0.1) is 11.8 Å². The highest BCUT2D eigenvalue weighted by Crippen LogP contribution is 2.25. The van der Waals surface area contributed by atoms with Crippen LogP contribution in [0.3, 0.4) is 0 Å². The smallest absolute Gasteiger partial charge is 0.239 e. The van der Waals surface area contributed by atoms with Crippen molar-refractivity contribution < 1.29 is 9.59 Å². The predicted octanol–water partition coefficient (Wildman–Crippen LogP) is 0.617. The lowest BCUT2D eigenvalue weighted by molar-refractivity contribution is -0.127. The van der Waals surface area contributed by atoms with Gasteiger partial charge in [0.25, 0.3) is 0 Å². The molecule has 1 aliphatic rings. The molecule has 22 heavy (non-hydrogen) atoms. The van der Waals surface area contributed by atoms with E-state index in [1.807, 2.05) is 26.0 Å². The third-order valence-electron chi connectivity index (χ3n) is 4.17. The lowest BCUT2D eigenvalue weighted by Gasteiger charge is -2.15. The number of hydrogen-bond acceptors (Lipinski definition) is 3. The Morgan fingerprint density at radius 3 is 2.32 bits per heavy atom. The minimum absolute atomic E-state index is 0.0150. The fraction of sp³-hybridized carbons (Fsp3) is 0.529. The number of amides is 2. The normalized spacial score (nSPS) is 15.5. The second-order valence-electron chi connectivity index (χ2n) is 6.33. The highest BCUT2D eigenvalue weighted by atomic mass is 16.2. The van der Waals surface area contributed by atoms with Crippen molar-refractivity contribution in [1.29, 1.82) is 0 Å². The van der Waals surface area contributed by atoms with Crippen molar-refractivity contribution >= 4 is 11.8 Å². The largest absolute Gasteiger partial charge is 0.354 e. The number of carbonyl (C=O) groups excluding carboxylic acids is 2. The third-order valence-corrected chi connectivity index (χ3v) is 4.17. The highest BCUT2D eigenvalue weighted by Gasteiger charge is 2.22. The Labute approximate surface area is 131 Å². The lowest BCUT2D eigenvalue weighted by Crippen LogP contribution is -2.47. The molecule has 0 saturated carbocycles. The van der Waals surface area contributed by atoms with Gasteiger partial charge in [0.1, 0.15) is 0 Å². The van der Waals surface area contributed by atoms with E-state index in [0.29, 0.717) is 12.5 Å². The summed E-state index contributed by atoms with van der Waals surface area (Å²) in [4.78, 5) is 23.5. The number of nitrogens with two attached hydrogens (primary N) is 1. The Kier molecular flexibility index (Phi) is 5.55. The van der Waals surface area contributed by atoms with Crippen molar-refractivity contribution in [3.8, 4) is 0 Å². The van der Waals surface area contributed by atoms with Gasteiger partial charge < -0.3 is 16.4 Å². The fourth-order valence-corrected chi connectivity index (χ4v) is 2.70. The van der Waals surface area contributed by atoms with Crippen LogP contribution in [0.15, 0.2) is 24.3 Å². The monoisotopic (exact) mass is 303 g/mol. The first kappa shape index (κ1) is 16.5. The lowest BCUT2D eigenvalue weighted by atomic mass is 10.1. The van der Waals surface area contributed by atoms with Crippen molar-refractivity contribution in [2.45, 2.75) is 32.7 Å². The van der Waals surface area contributed by atoms with Crippen LogP contribution in [0.5, 0.6) is 0 Å². The minimum Gasteiger partial charge on any atom is -0.354 e. The summed E-state index contributed by atoms with van der Waals surface area (Å²) in [6.07, 6.45) is 2.00. The molecule has 0 radical (unpaired) electrons. The van der Waals surface area contributed by atoms with Crippen LogP contribution in [0.4, 0.5) is 0 Å². The summed E-state index contributed by atoms with van der Waals surface area (Å²) in [6.45, 7) is 4.38. The maximum absolute atomic E-state index is 11.8. The Morgan fingerprint density at radius 1 is 1.18 bits per heavy atom. The van der Waals surface area contributed by atoms with Gasteiger partial charge in [0.2, 0.25) is 11.8 Å². The Hall–Kier alpha value is -1.88. The van der Waals surface area contributed by atoms with Gasteiger partial charge in [-0.1, -0.05) is 38.1 Å². The third kappa shape index (κ3) is 4.31. The molecule has 0 aromatic heterocycles. The summed E-state index contributed by atoms with van der Waals surface area (Å²) in [5.74, 6) is 0.0497. The summed E-state index contributed by atoms with van der Waals surface area (Å²) in [7, 11) is 0. The van der Waals surface area contributed by atoms with Crippen molar-refractivity contribution in [2.75, 3.05) is 13.1 Å². The average Bonchev–Trinajstić information content (AvgIpc) is 2.92. The Bertz CT molecular complexity index is 517. The Morgan fingerprint density at radius 2 is 1.77 bits per heavy atom. The average molecular weight is 303 g/mol. The van der Waals surface area contributed by atoms with E-state index in [1.54, 1.807) is 0 Å². The molecule has 2 amide bonds. The van der Waals surface area contributed by atoms with Gasteiger partial charge >= 0.3 is 0 Å². The SMILES string of the molecule is CC(C)[C@H](N)C(=O)NCC(=O)NCC1Cc2ccccc2C1. The maximum Gasteiger partial charge on any atom is 0.239 e. The highest BCUT2D eigenvalue weighted by molar-refractivity contribution is 5.87. The van der Waals surface area contributed by atoms with E-state index in [9.17, 15) is 9.59 Å². The number of fused-ring (bicyclic) bond motifs is 1. The maximum atomic E-state index is 11.8. The summed E-state index contributed by atoms with van der Waals surface area (Å²) in [5.41, 5.74) is 8.47. The number of carbonyl (C=O) groups is 2. The van der Waals surface area contributed by atoms with Crippen LogP contribution in [0.25, 0.3) is 0 Å². The summed E-state index contributed by atoms with van der Waals surface area (Å²) < 4.78 is 0. The molecule has 1 aliphatic carbocycles. The second kappa shape index (κ2) is 7.40. The van der Waals surface area contributed by atoms with E-state index >= 15 is 0 Å². The summed E-state index contributed by atoms with van der Waals surface area (Å²) in [5, 5.41) is 5.47. The molecular weight excluding hydrogens is 278 g/mol. The molecule has 5 heteroatoms. The molecule has 120 valence electrons. The summed E-state index contributed by atoms with van der Waals surface area (Å²) >= 11 is 0. The van der Waals surface area contributed by atoms with Gasteiger partial charge in [0.05, 0.1) is 12.6 Å². The van der Waals surface area contributed by atoms with Gasteiger partial charge in [-0.05, 0) is 35.8 Å². The van der Waals surface area contributed by atoms with E-state index in [0.717, 1.165) is 12.8 Å². The molecule has 1 aromatic rings. The molecule has 0 saturated heterocycles. The number of benzene rings is 1. The molecule has 4 N–H and O–H groups in total. The van der Waals surface area contributed by atoms with Crippen molar-refractivity contribution in [3.63, 3.8) is 0 Å². The standard InChI is InChI=1S/C17H25N3O2/c1-11(2)16(18)17(22)20-10-15(21)19-9-12-7-13-5-3-4-6-14(13)8-12/h3-6,11-12,16H,7-10,18H2,1-2H3,(H,19,21)(H,20,22)/t16-/m0/s1. The van der Waals surface area contributed by atoms with Crippen LogP contribution >= 0.6 is 0 Å². The van der Waals surface area contributed by atoms with E-state index in [2.05, 4.69) is 22.8 Å². The fourth-order valence-electron chi connectivity index (χ4n) is 2.70. The first-order valence-electron chi connectivity index (χ1n) is 7.84. The molecule has 5 nitrogen and oxygen atoms in total. The molecule has 0 bridgehead atoms. The topological polar surface area (TPSA) is 84.2 Å². The van der Waals surface area contributed by atoms with E-state index in [4.69, 9.17) is 5.73 Å². The van der Waals surface area contributed by atoms with E-state index in [1.165, 1.54) is 11.1 Å². The van der Waals surface area contributed by atoms with Crippen LogP contribution in [0.2, 0.25) is 0 Å². The predicted molar refractivity (Wildman–Crippen MR) is 86.2 cm³/mol. The van der Waals surface area contributed by atoms with Crippen LogP contribution in [0.1, 0.15) is 25.0 Å². The van der Waals surface area contributed by atoms with Crippen molar-refractivity contribution in [2.24, 2.45) is 17.6 Å². The number of rotatable bonds is 6. The molecule has 1 atom stereocenters. The molecule has 0 fully saturated rings. The van der Waals surface area contributed by atoms with Gasteiger partial charge in [-0.2, -0.15) is 0 Å². The Balaban J connectivity index is 1.68. The zero-order chi connectivity index (χ0) is 16.1. The van der Waals surface area contributed by atoms with Crippen LogP contribution in [-0.2, 0) is 22.4 Å². The zero-order valence-electron chi connectivity index (χ0n) is 13.3. The van der Waals surface area contributed by atoms with Crippen molar-refractivity contribution in [1.82, 2.24) is 10.6 Å². The molecule has 0 heterocycles. The molecule has 0 spiro atoms. The number of hydrogen-bond donors (Lipinski definition) is 3. The van der Waals surface area contributed by atoms with Crippen molar-refractivity contribution in [3.05, 3.63) is 35.4 Å². The van der Waals surface area contributed by atoms with Gasteiger partial charge in [-0.15, -0.1) is 0 Å². The van der Waals surface area contributed by atoms with Gasteiger partial charge in [-0.3, -0.25) is 9.59 Å². The van der Waals surface area contributed by atoms with Gasteiger partial charge in [-0.25, -0.2) is 0 Å². The van der Waals surface area contributed by atoms with Gasteiger partial charge in [0, 0.05) is 6.54 Å². The molecule has 1 aromatic carbocycles. The van der Waals surface area contributed by atoms with E-state index in [-0.39, 0.29) is 24.3 Å². The van der Waals surface area contributed by atoms with Crippen LogP contribution < -0.4 is 16.4 Å². The van der Waals surface area contributed by atoms with Crippen LogP contribution in [-0.4, -0.2) is 30.9 Å². The second-order valence-corrected chi connectivity index (χ2v) is 6.33. The molecule has 0 unspecified atom stereocenters. The zero-order valence-corrected chi connectivity index (χ0v) is 13.3. The molecule has 2 rings (SSSR count). The first-order chi connectivity index (χ1) is 10.5. The quantitative estimate of drug-likeness (QED) is 0.720. The first-order valence-corrected chi connectivity index (χ1v) is 7.84. The summed E-state index contributed by atoms with van der Waals surface area (Å²) in [6, 6.07) is 7.81. The van der Waals surface area contributed by atoms with Gasteiger partial charge in [0.15, 0.2) is 0 Å².